The van der Waals surface area contributed by atoms with Crippen LogP contribution in [0.2, 0.25) is 5.02 Å². The predicted octanol–water partition coefficient (Wildman–Crippen LogP) is 4.09. The van der Waals surface area contributed by atoms with Crippen LogP contribution in [0.5, 0.6) is 5.75 Å². The topological polar surface area (TPSA) is 29.5 Å². The van der Waals surface area contributed by atoms with E-state index in [0.29, 0.717) is 5.75 Å². The second kappa shape index (κ2) is 4.79. The van der Waals surface area contributed by atoms with Crippen LogP contribution in [0, 0.1) is 0 Å². The summed E-state index contributed by atoms with van der Waals surface area (Å²) in [7, 11) is 0.723. The molecule has 0 heterocycles. The number of hydrogen-bond acceptors (Lipinski definition) is 2. The lowest BCUT2D eigenvalue weighted by molar-refractivity contribution is 0.453. The van der Waals surface area contributed by atoms with E-state index in [9.17, 15) is 0 Å². The van der Waals surface area contributed by atoms with Crippen LogP contribution in [0.15, 0.2) is 36.4 Å². The molecule has 0 saturated heterocycles. The molecule has 0 unspecified atom stereocenters. The van der Waals surface area contributed by atoms with Crippen LogP contribution in [0.4, 0.5) is 0 Å². The first kappa shape index (κ1) is 13.2. The molecule has 4 rings (SSSR count). The lowest BCUT2D eigenvalue weighted by atomic mass is 9.77. The third-order valence-corrected chi connectivity index (χ3v) is 5.17. The van der Waals surface area contributed by atoms with Gasteiger partial charge in [0.2, 0.25) is 0 Å². The van der Waals surface area contributed by atoms with E-state index < -0.39 is 0 Å². The lowest BCUT2D eigenvalue weighted by Gasteiger charge is -2.26. The fourth-order valence-corrected chi connectivity index (χ4v) is 4.29. The fourth-order valence-electron chi connectivity index (χ4n) is 4.12. The fraction of sp³-hybridized carbons (Fsp3) is 0.294. The molecule has 1 radical (unpaired) electrons. The van der Waals surface area contributed by atoms with Crippen LogP contribution >= 0.6 is 11.6 Å². The molecule has 1 fully saturated rings. The van der Waals surface area contributed by atoms with Gasteiger partial charge >= 0.3 is 7.69 Å². The molecule has 4 heteroatoms. The number of fused-ring (bicyclic) bond motifs is 5. The van der Waals surface area contributed by atoms with Gasteiger partial charge in [0.05, 0.1) is 0 Å². The maximum atomic E-state index is 8.84. The van der Waals surface area contributed by atoms with Crippen molar-refractivity contribution in [2.45, 2.75) is 31.1 Å². The molecule has 1 N–H and O–H groups in total. The summed E-state index contributed by atoms with van der Waals surface area (Å²) in [4.78, 5) is 0. The third-order valence-electron chi connectivity index (χ3n) is 4.94. The summed E-state index contributed by atoms with van der Waals surface area (Å²) in [6.45, 7) is 0. The molecule has 105 valence electrons. The van der Waals surface area contributed by atoms with Crippen molar-refractivity contribution in [3.05, 3.63) is 52.5 Å². The van der Waals surface area contributed by atoms with Crippen LogP contribution < -0.4 is 4.65 Å². The minimum Gasteiger partial charge on any atom is -0.537 e. The van der Waals surface area contributed by atoms with Crippen LogP contribution in [-0.4, -0.2) is 12.7 Å². The zero-order valence-electron chi connectivity index (χ0n) is 11.6. The summed E-state index contributed by atoms with van der Waals surface area (Å²) in [5.41, 5.74) is 5.32. The zero-order chi connectivity index (χ0) is 14.4. The Kier molecular flexibility index (Phi) is 3.02. The average molecular weight is 298 g/mol. The molecule has 2 aromatic carbocycles. The zero-order valence-corrected chi connectivity index (χ0v) is 12.4. The quantitative estimate of drug-likeness (QED) is 0.846. The summed E-state index contributed by atoms with van der Waals surface area (Å²) >= 11 is 6.21. The average Bonchev–Trinajstić information content (AvgIpc) is 3.06. The number of hydrogen-bond donors (Lipinski definition) is 1. The number of benzene rings is 2. The van der Waals surface area contributed by atoms with E-state index in [4.69, 9.17) is 21.3 Å². The van der Waals surface area contributed by atoms with Crippen molar-refractivity contribution in [2.75, 3.05) is 0 Å². The van der Waals surface area contributed by atoms with Crippen LogP contribution in [-0.2, 0) is 5.41 Å². The normalized spacial score (nSPS) is 17.6. The molecule has 0 aromatic heterocycles. The van der Waals surface area contributed by atoms with Crippen molar-refractivity contribution < 1.29 is 9.68 Å². The Bertz CT molecular complexity index is 708. The second-order valence-corrected chi connectivity index (χ2v) is 6.35. The van der Waals surface area contributed by atoms with Crippen LogP contribution in [0.1, 0.15) is 36.8 Å². The van der Waals surface area contributed by atoms with Gasteiger partial charge in [-0.25, -0.2) is 0 Å². The summed E-state index contributed by atoms with van der Waals surface area (Å²) in [6.07, 6.45) is 4.93. The first-order valence-corrected chi connectivity index (χ1v) is 7.70. The van der Waals surface area contributed by atoms with Gasteiger partial charge in [-0.1, -0.05) is 36.6 Å². The highest BCUT2D eigenvalue weighted by Crippen LogP contribution is 2.57. The van der Waals surface area contributed by atoms with Crippen molar-refractivity contribution in [1.29, 1.82) is 0 Å². The molecule has 0 bridgehead atoms. The van der Waals surface area contributed by atoms with Gasteiger partial charge in [-0.15, -0.1) is 0 Å². The van der Waals surface area contributed by atoms with Gasteiger partial charge in [-0.2, -0.15) is 0 Å². The highest BCUT2D eigenvalue weighted by atomic mass is 35.5. The van der Waals surface area contributed by atoms with Crippen LogP contribution in [0.25, 0.3) is 11.1 Å². The summed E-state index contributed by atoms with van der Waals surface area (Å²) in [5.74, 6) is 0.650. The van der Waals surface area contributed by atoms with Gasteiger partial charge in [0, 0.05) is 10.4 Å². The molecular weight excluding hydrogens is 282 g/mol. The molecule has 21 heavy (non-hydrogen) atoms. The maximum absolute atomic E-state index is 8.84. The highest BCUT2D eigenvalue weighted by Gasteiger charge is 2.44. The Morgan fingerprint density at radius 3 is 2.38 bits per heavy atom. The molecular formula is C17H15BClO2. The minimum atomic E-state index is 0.150. The van der Waals surface area contributed by atoms with Crippen molar-refractivity contribution in [3.8, 4) is 16.9 Å². The monoisotopic (exact) mass is 297 g/mol. The third kappa shape index (κ3) is 1.84. The molecule has 1 saturated carbocycles. The van der Waals surface area contributed by atoms with E-state index in [1.165, 1.54) is 47.9 Å². The first-order valence-electron chi connectivity index (χ1n) is 7.32. The minimum absolute atomic E-state index is 0.150. The smallest absolute Gasteiger partial charge is 0.537 e. The number of halogens is 1. The SMILES string of the molecule is O[B]Oc1ccc2c(c1)-c1cc(Cl)ccc1C21CCCC1. The molecule has 0 amide bonds. The maximum Gasteiger partial charge on any atom is 0.569 e. The summed E-state index contributed by atoms with van der Waals surface area (Å²) in [6, 6.07) is 12.3. The van der Waals surface area contributed by atoms with Crippen molar-refractivity contribution in [2.24, 2.45) is 0 Å². The Labute approximate surface area is 130 Å². The van der Waals surface area contributed by atoms with Gasteiger partial charge in [0.25, 0.3) is 0 Å². The molecule has 2 aromatic rings. The molecule has 2 aliphatic rings. The Balaban J connectivity index is 1.97. The van der Waals surface area contributed by atoms with Crippen molar-refractivity contribution >= 4 is 19.3 Å². The molecule has 2 nitrogen and oxygen atoms in total. The summed E-state index contributed by atoms with van der Waals surface area (Å²) in [5, 5.41) is 9.60. The van der Waals surface area contributed by atoms with E-state index in [2.05, 4.69) is 18.2 Å². The Morgan fingerprint density at radius 2 is 1.67 bits per heavy atom. The second-order valence-electron chi connectivity index (χ2n) is 5.91. The van der Waals surface area contributed by atoms with Gasteiger partial charge in [-0.3, -0.25) is 0 Å². The van der Waals surface area contributed by atoms with E-state index in [0.717, 1.165) is 12.7 Å². The first-order chi connectivity index (χ1) is 10.2. The molecule has 0 aliphatic heterocycles. The summed E-state index contributed by atoms with van der Waals surface area (Å²) < 4.78 is 5.13. The highest BCUT2D eigenvalue weighted by molar-refractivity contribution is 6.31. The van der Waals surface area contributed by atoms with Gasteiger partial charge in [0.15, 0.2) is 0 Å². The Morgan fingerprint density at radius 1 is 1.00 bits per heavy atom. The Hall–Kier alpha value is -1.45. The van der Waals surface area contributed by atoms with Gasteiger partial charge in [-0.05, 0) is 59.4 Å². The standard InChI is InChI=1S/C17H15BClO2/c19-11-3-5-15-13(9-11)14-10-12(21-18-20)4-6-16(14)17(15)7-1-2-8-17/h3-6,9-10,20H,1-2,7-8H2. The molecule has 1 spiro atoms. The van der Waals surface area contributed by atoms with Gasteiger partial charge < -0.3 is 9.68 Å². The van der Waals surface area contributed by atoms with E-state index in [1.54, 1.807) is 0 Å². The van der Waals surface area contributed by atoms with Crippen molar-refractivity contribution in [1.82, 2.24) is 0 Å². The predicted molar refractivity (Wildman–Crippen MR) is 84.7 cm³/mol. The van der Waals surface area contributed by atoms with E-state index in [1.807, 2.05) is 18.2 Å². The lowest BCUT2D eigenvalue weighted by Crippen LogP contribution is -2.20. The van der Waals surface area contributed by atoms with E-state index in [-0.39, 0.29) is 5.41 Å². The number of rotatable bonds is 2. The molecule has 0 atom stereocenters. The largest absolute Gasteiger partial charge is 0.569 e. The van der Waals surface area contributed by atoms with Gasteiger partial charge in [0.1, 0.15) is 5.75 Å². The van der Waals surface area contributed by atoms with Crippen LogP contribution in [0.3, 0.4) is 0 Å². The molecule has 2 aliphatic carbocycles. The van der Waals surface area contributed by atoms with E-state index >= 15 is 0 Å². The van der Waals surface area contributed by atoms with Crippen molar-refractivity contribution in [3.63, 3.8) is 0 Å².